The Morgan fingerprint density at radius 2 is 1.69 bits per heavy atom. The number of rotatable bonds is 5. The standard InChI is InChI=1S/C28H21F3N4O/c29-28(30,31)25-11-17(5-8-33-25)16-35-10-7-20(14-26(35)36)19-3-4-22-15-34-27(23(22)12-19)21-6-9-32-24(13-21)18-1-2-18/h3-14,18H,1-2,15-16H2. The Morgan fingerprint density at radius 3 is 2.47 bits per heavy atom. The van der Waals surface area contributed by atoms with Crippen LogP contribution in [0.15, 0.2) is 83.0 Å². The Labute approximate surface area is 205 Å². The first kappa shape index (κ1) is 22.4. The van der Waals surface area contributed by atoms with Crippen LogP contribution < -0.4 is 5.56 Å². The first-order valence-electron chi connectivity index (χ1n) is 11.7. The molecule has 1 aliphatic carbocycles. The lowest BCUT2D eigenvalue weighted by molar-refractivity contribution is -0.141. The van der Waals surface area contributed by atoms with Crippen LogP contribution >= 0.6 is 0 Å². The minimum Gasteiger partial charge on any atom is -0.311 e. The van der Waals surface area contributed by atoms with Crippen LogP contribution in [-0.4, -0.2) is 20.2 Å². The molecule has 4 heterocycles. The summed E-state index contributed by atoms with van der Waals surface area (Å²) in [6.07, 6.45) is 2.39. The molecule has 180 valence electrons. The highest BCUT2D eigenvalue weighted by Crippen LogP contribution is 2.39. The van der Waals surface area contributed by atoms with E-state index in [1.54, 1.807) is 12.3 Å². The maximum atomic E-state index is 13.0. The van der Waals surface area contributed by atoms with Crippen LogP contribution in [0.4, 0.5) is 13.2 Å². The number of alkyl halides is 3. The number of hydrogen-bond donors (Lipinski definition) is 0. The molecule has 4 aromatic rings. The number of aliphatic imine (C=N–C) groups is 1. The third kappa shape index (κ3) is 4.34. The molecule has 2 aliphatic rings. The molecule has 8 heteroatoms. The summed E-state index contributed by atoms with van der Waals surface area (Å²) in [5.41, 5.74) is 5.97. The van der Waals surface area contributed by atoms with E-state index in [4.69, 9.17) is 4.99 Å². The van der Waals surface area contributed by atoms with Gasteiger partial charge < -0.3 is 4.57 Å². The molecule has 1 aromatic carbocycles. The summed E-state index contributed by atoms with van der Waals surface area (Å²) in [6.45, 7) is 0.635. The van der Waals surface area contributed by atoms with Crippen molar-refractivity contribution in [2.45, 2.75) is 38.0 Å². The van der Waals surface area contributed by atoms with Gasteiger partial charge in [-0.3, -0.25) is 19.8 Å². The molecule has 6 rings (SSSR count). The van der Waals surface area contributed by atoms with Crippen LogP contribution in [0.25, 0.3) is 11.1 Å². The fraction of sp³-hybridized carbons (Fsp3) is 0.214. The van der Waals surface area contributed by atoms with Gasteiger partial charge in [0.15, 0.2) is 0 Å². The fourth-order valence-electron chi connectivity index (χ4n) is 4.55. The number of benzene rings is 1. The highest BCUT2D eigenvalue weighted by Gasteiger charge is 2.32. The number of hydrogen-bond acceptors (Lipinski definition) is 4. The van der Waals surface area contributed by atoms with Gasteiger partial charge in [0.25, 0.3) is 5.56 Å². The highest BCUT2D eigenvalue weighted by molar-refractivity contribution is 6.15. The van der Waals surface area contributed by atoms with Crippen molar-refractivity contribution in [3.05, 3.63) is 117 Å². The first-order valence-corrected chi connectivity index (χ1v) is 11.7. The van der Waals surface area contributed by atoms with E-state index >= 15 is 0 Å². The summed E-state index contributed by atoms with van der Waals surface area (Å²) >= 11 is 0. The van der Waals surface area contributed by atoms with Crippen molar-refractivity contribution < 1.29 is 13.2 Å². The van der Waals surface area contributed by atoms with Gasteiger partial charge in [-0.25, -0.2) is 0 Å². The number of fused-ring (bicyclic) bond motifs is 1. The first-order chi connectivity index (χ1) is 17.3. The minimum atomic E-state index is -4.53. The van der Waals surface area contributed by atoms with E-state index < -0.39 is 11.9 Å². The van der Waals surface area contributed by atoms with E-state index in [9.17, 15) is 18.0 Å². The van der Waals surface area contributed by atoms with Crippen LogP contribution in [0.1, 0.15) is 52.4 Å². The Bertz CT molecular complexity index is 1570. The Balaban J connectivity index is 1.28. The second-order valence-electron chi connectivity index (χ2n) is 9.21. The molecule has 0 spiro atoms. The van der Waals surface area contributed by atoms with Gasteiger partial charge in [0, 0.05) is 47.4 Å². The SMILES string of the molecule is O=c1cc(-c2ccc3c(c2)C(c2ccnc(C4CC4)c2)=NC3)ccn1Cc1ccnc(C(F)(F)F)c1. The molecule has 0 unspecified atom stereocenters. The van der Waals surface area contributed by atoms with Crippen molar-refractivity contribution in [3.63, 3.8) is 0 Å². The van der Waals surface area contributed by atoms with Gasteiger partial charge >= 0.3 is 6.18 Å². The second kappa shape index (κ2) is 8.55. The number of pyridine rings is 3. The topological polar surface area (TPSA) is 60.1 Å². The van der Waals surface area contributed by atoms with Crippen molar-refractivity contribution >= 4 is 5.71 Å². The lowest BCUT2D eigenvalue weighted by Gasteiger charge is -2.11. The highest BCUT2D eigenvalue weighted by atomic mass is 19.4. The quantitative estimate of drug-likeness (QED) is 0.369. The Kier molecular flexibility index (Phi) is 5.32. The summed E-state index contributed by atoms with van der Waals surface area (Å²) in [5, 5.41) is 0. The van der Waals surface area contributed by atoms with Gasteiger partial charge in [0.2, 0.25) is 0 Å². The lowest BCUT2D eigenvalue weighted by atomic mass is 9.95. The van der Waals surface area contributed by atoms with Crippen molar-refractivity contribution in [1.82, 2.24) is 14.5 Å². The zero-order valence-corrected chi connectivity index (χ0v) is 19.2. The monoisotopic (exact) mass is 486 g/mol. The van der Waals surface area contributed by atoms with Gasteiger partial charge in [-0.2, -0.15) is 13.2 Å². The summed E-state index contributed by atoms with van der Waals surface area (Å²) in [5.74, 6) is 0.552. The molecule has 36 heavy (non-hydrogen) atoms. The van der Waals surface area contributed by atoms with E-state index in [0.29, 0.717) is 18.0 Å². The summed E-state index contributed by atoms with van der Waals surface area (Å²) in [7, 11) is 0. The van der Waals surface area contributed by atoms with Gasteiger partial charge in [-0.15, -0.1) is 0 Å². The Hall–Kier alpha value is -4.07. The average Bonchev–Trinajstić information content (AvgIpc) is 3.64. The predicted molar refractivity (Wildman–Crippen MR) is 130 cm³/mol. The van der Waals surface area contributed by atoms with E-state index in [-0.39, 0.29) is 12.1 Å². The van der Waals surface area contributed by atoms with Crippen LogP contribution in [0.5, 0.6) is 0 Å². The molecule has 5 nitrogen and oxygen atoms in total. The van der Waals surface area contributed by atoms with Crippen molar-refractivity contribution in [1.29, 1.82) is 0 Å². The van der Waals surface area contributed by atoms with Crippen LogP contribution in [0.2, 0.25) is 0 Å². The summed E-state index contributed by atoms with van der Waals surface area (Å²) in [4.78, 5) is 25.5. The summed E-state index contributed by atoms with van der Waals surface area (Å²) < 4.78 is 40.3. The van der Waals surface area contributed by atoms with Gasteiger partial charge in [-0.1, -0.05) is 12.1 Å². The zero-order valence-electron chi connectivity index (χ0n) is 19.2. The summed E-state index contributed by atoms with van der Waals surface area (Å²) in [6, 6.07) is 15.9. The second-order valence-corrected chi connectivity index (χ2v) is 9.21. The molecule has 0 bridgehead atoms. The normalized spacial score (nSPS) is 15.0. The molecule has 1 fully saturated rings. The fourth-order valence-corrected chi connectivity index (χ4v) is 4.55. The van der Waals surface area contributed by atoms with Gasteiger partial charge in [0.05, 0.1) is 18.8 Å². The molecular weight excluding hydrogens is 465 g/mol. The molecule has 1 aliphatic heterocycles. The number of aromatic nitrogens is 3. The number of nitrogens with zero attached hydrogens (tertiary/aromatic N) is 4. The third-order valence-corrected chi connectivity index (χ3v) is 6.62. The van der Waals surface area contributed by atoms with E-state index in [2.05, 4.69) is 22.1 Å². The van der Waals surface area contributed by atoms with Gasteiger partial charge in [-0.05, 0) is 71.5 Å². The molecule has 0 N–H and O–H groups in total. The van der Waals surface area contributed by atoms with Crippen molar-refractivity contribution in [2.24, 2.45) is 4.99 Å². The van der Waals surface area contributed by atoms with Crippen LogP contribution in [-0.2, 0) is 19.3 Å². The molecule has 1 saturated carbocycles. The van der Waals surface area contributed by atoms with Crippen molar-refractivity contribution in [3.8, 4) is 11.1 Å². The van der Waals surface area contributed by atoms with Crippen LogP contribution in [0, 0.1) is 0 Å². The minimum absolute atomic E-state index is 0.0249. The zero-order chi connectivity index (χ0) is 24.9. The van der Waals surface area contributed by atoms with Crippen LogP contribution in [0.3, 0.4) is 0 Å². The predicted octanol–water partition coefficient (Wildman–Crippen LogP) is 5.60. The lowest BCUT2D eigenvalue weighted by Crippen LogP contribution is -2.19. The molecular formula is C28H21F3N4O. The molecule has 3 aromatic heterocycles. The van der Waals surface area contributed by atoms with Crippen molar-refractivity contribution in [2.75, 3.05) is 0 Å². The Morgan fingerprint density at radius 1 is 0.889 bits per heavy atom. The number of halogens is 3. The third-order valence-electron chi connectivity index (χ3n) is 6.62. The van der Waals surface area contributed by atoms with E-state index in [1.165, 1.54) is 29.5 Å². The van der Waals surface area contributed by atoms with E-state index in [0.717, 1.165) is 51.5 Å². The maximum Gasteiger partial charge on any atom is 0.433 e. The largest absolute Gasteiger partial charge is 0.433 e. The smallest absolute Gasteiger partial charge is 0.311 e. The molecule has 0 atom stereocenters. The maximum absolute atomic E-state index is 13.0. The molecule has 0 saturated heterocycles. The van der Waals surface area contributed by atoms with E-state index in [1.807, 2.05) is 24.4 Å². The molecule has 0 radical (unpaired) electrons. The van der Waals surface area contributed by atoms with Gasteiger partial charge in [0.1, 0.15) is 5.69 Å². The average molecular weight is 486 g/mol. The molecule has 0 amide bonds.